The smallest absolute Gasteiger partial charge is 0.288 e. The van der Waals surface area contributed by atoms with E-state index in [9.17, 15) is 19.3 Å². The van der Waals surface area contributed by atoms with E-state index < -0.39 is 10.8 Å². The Labute approximate surface area is 152 Å². The van der Waals surface area contributed by atoms with Gasteiger partial charge in [-0.25, -0.2) is 4.39 Å². The molecule has 0 aliphatic heterocycles. The van der Waals surface area contributed by atoms with Crippen molar-refractivity contribution < 1.29 is 14.1 Å². The molecule has 26 heavy (non-hydrogen) atoms. The van der Waals surface area contributed by atoms with Gasteiger partial charge in [0.15, 0.2) is 0 Å². The Balaban J connectivity index is 1.72. The maximum absolute atomic E-state index is 13.2. The monoisotopic (exact) mass is 374 g/mol. The molecule has 132 valence electrons. The zero-order chi connectivity index (χ0) is 18.7. The number of nitro groups is 1. The lowest BCUT2D eigenvalue weighted by Gasteiger charge is -2.04. The summed E-state index contributed by atoms with van der Waals surface area (Å²) in [6, 6.07) is 9.90. The molecule has 0 aliphatic rings. The van der Waals surface area contributed by atoms with Crippen LogP contribution in [-0.2, 0) is 6.54 Å². The molecule has 0 saturated carbocycles. The molecule has 0 unspecified atom stereocenters. The first-order chi connectivity index (χ1) is 12.4. The van der Waals surface area contributed by atoms with Crippen LogP contribution in [-0.4, -0.2) is 20.6 Å². The average Bonchev–Trinajstić information content (AvgIpc) is 3.01. The van der Waals surface area contributed by atoms with Crippen LogP contribution in [0.4, 0.5) is 15.8 Å². The number of halogens is 2. The molecule has 0 radical (unpaired) electrons. The molecule has 3 aromatic rings. The van der Waals surface area contributed by atoms with Crippen LogP contribution in [0.3, 0.4) is 0 Å². The largest absolute Gasteiger partial charge is 0.319 e. The van der Waals surface area contributed by atoms with E-state index in [0.717, 1.165) is 11.6 Å². The Bertz CT molecular complexity index is 990. The summed E-state index contributed by atoms with van der Waals surface area (Å²) < 4.78 is 14.7. The minimum Gasteiger partial charge on any atom is -0.319 e. The van der Waals surface area contributed by atoms with Crippen LogP contribution < -0.4 is 5.32 Å². The Morgan fingerprint density at radius 2 is 2.12 bits per heavy atom. The van der Waals surface area contributed by atoms with Crippen LogP contribution in [0.15, 0.2) is 54.9 Å². The van der Waals surface area contributed by atoms with Crippen molar-refractivity contribution in [2.45, 2.75) is 6.54 Å². The first kappa shape index (κ1) is 17.6. The molecular weight excluding hydrogens is 363 g/mol. The third kappa shape index (κ3) is 4.04. The summed E-state index contributed by atoms with van der Waals surface area (Å²) in [6.07, 6.45) is 3.01. The van der Waals surface area contributed by atoms with Crippen LogP contribution >= 0.6 is 11.6 Å². The van der Waals surface area contributed by atoms with E-state index in [4.69, 9.17) is 11.6 Å². The summed E-state index contributed by atoms with van der Waals surface area (Å²) in [5.74, 6) is -0.873. The second-order valence-electron chi connectivity index (χ2n) is 5.43. The molecule has 0 spiro atoms. The van der Waals surface area contributed by atoms with Gasteiger partial charge in [-0.05, 0) is 29.8 Å². The molecule has 7 nitrogen and oxygen atoms in total. The zero-order valence-corrected chi connectivity index (χ0v) is 14.0. The predicted molar refractivity (Wildman–Crippen MR) is 93.8 cm³/mol. The number of rotatable bonds is 5. The van der Waals surface area contributed by atoms with Gasteiger partial charge in [0, 0.05) is 17.8 Å². The van der Waals surface area contributed by atoms with Gasteiger partial charge < -0.3 is 5.32 Å². The van der Waals surface area contributed by atoms with Crippen molar-refractivity contribution in [1.82, 2.24) is 9.78 Å². The molecule has 1 aromatic heterocycles. The summed E-state index contributed by atoms with van der Waals surface area (Å²) >= 11 is 5.73. The van der Waals surface area contributed by atoms with E-state index in [0.29, 0.717) is 12.2 Å². The minimum absolute atomic E-state index is 0.0468. The summed E-state index contributed by atoms with van der Waals surface area (Å²) in [5, 5.41) is 17.6. The summed E-state index contributed by atoms with van der Waals surface area (Å²) in [7, 11) is 0. The van der Waals surface area contributed by atoms with Gasteiger partial charge in [-0.2, -0.15) is 5.10 Å². The lowest BCUT2D eigenvalue weighted by Crippen LogP contribution is -2.11. The topological polar surface area (TPSA) is 90.1 Å². The highest BCUT2D eigenvalue weighted by molar-refractivity contribution is 6.32. The zero-order valence-electron chi connectivity index (χ0n) is 13.2. The summed E-state index contributed by atoms with van der Waals surface area (Å²) in [6.45, 7) is 0.333. The van der Waals surface area contributed by atoms with Gasteiger partial charge in [-0.1, -0.05) is 23.7 Å². The van der Waals surface area contributed by atoms with Gasteiger partial charge in [0.1, 0.15) is 10.8 Å². The van der Waals surface area contributed by atoms with Crippen LogP contribution in [0.1, 0.15) is 15.9 Å². The fourth-order valence-corrected chi connectivity index (χ4v) is 2.52. The quantitative estimate of drug-likeness (QED) is 0.542. The van der Waals surface area contributed by atoms with Crippen molar-refractivity contribution in [1.29, 1.82) is 0 Å². The molecule has 0 bridgehead atoms. The molecule has 0 fully saturated rings. The number of anilines is 1. The maximum Gasteiger partial charge on any atom is 0.288 e. The number of nitrogens with one attached hydrogen (secondary N) is 1. The maximum atomic E-state index is 13.2. The van der Waals surface area contributed by atoms with Crippen molar-refractivity contribution in [2.24, 2.45) is 0 Å². The van der Waals surface area contributed by atoms with E-state index in [-0.39, 0.29) is 22.1 Å². The van der Waals surface area contributed by atoms with Crippen molar-refractivity contribution in [2.75, 3.05) is 5.32 Å². The fourth-order valence-electron chi connectivity index (χ4n) is 2.33. The molecular formula is C17H12ClFN4O3. The third-order valence-electron chi connectivity index (χ3n) is 3.53. The second-order valence-corrected chi connectivity index (χ2v) is 5.84. The third-order valence-corrected chi connectivity index (χ3v) is 3.85. The summed E-state index contributed by atoms with van der Waals surface area (Å²) in [5.41, 5.74) is 0.878. The normalized spacial score (nSPS) is 10.5. The standard InChI is InChI=1S/C17H12ClFN4O3/c18-15-5-4-12(7-16(15)23(25)26)17(24)21-14-8-20-22(10-14)9-11-2-1-3-13(19)6-11/h1-8,10H,9H2,(H,21,24). The number of carbonyl (C=O) groups excluding carboxylic acids is 1. The number of aromatic nitrogens is 2. The molecule has 9 heteroatoms. The predicted octanol–water partition coefficient (Wildman–Crippen LogP) is 3.88. The van der Waals surface area contributed by atoms with Crippen molar-refractivity contribution in [3.8, 4) is 0 Å². The highest BCUT2D eigenvalue weighted by Gasteiger charge is 2.16. The van der Waals surface area contributed by atoms with Gasteiger partial charge in [0.25, 0.3) is 11.6 Å². The Morgan fingerprint density at radius 3 is 2.85 bits per heavy atom. The first-order valence-electron chi connectivity index (χ1n) is 7.44. The Morgan fingerprint density at radius 1 is 1.31 bits per heavy atom. The van der Waals surface area contributed by atoms with Crippen molar-refractivity contribution >= 4 is 28.9 Å². The Hall–Kier alpha value is -3.26. The molecule has 3 rings (SSSR count). The number of amides is 1. The summed E-state index contributed by atoms with van der Waals surface area (Å²) in [4.78, 5) is 22.5. The van der Waals surface area contributed by atoms with Crippen molar-refractivity contribution in [3.05, 3.63) is 86.9 Å². The number of nitro benzene ring substituents is 1. The number of benzene rings is 2. The molecule has 1 amide bonds. The number of hydrogen-bond donors (Lipinski definition) is 1. The van der Waals surface area contributed by atoms with E-state index in [1.807, 2.05) is 0 Å². The number of carbonyl (C=O) groups is 1. The van der Waals surface area contributed by atoms with Crippen LogP contribution in [0, 0.1) is 15.9 Å². The van der Waals surface area contributed by atoms with Gasteiger partial charge >= 0.3 is 0 Å². The Kier molecular flexibility index (Phi) is 4.94. The minimum atomic E-state index is -0.657. The van der Waals surface area contributed by atoms with Gasteiger partial charge in [-0.15, -0.1) is 0 Å². The molecule has 0 saturated heterocycles. The highest BCUT2D eigenvalue weighted by atomic mass is 35.5. The van der Waals surface area contributed by atoms with Gasteiger partial charge in [-0.3, -0.25) is 19.6 Å². The molecule has 2 aromatic carbocycles. The van der Waals surface area contributed by atoms with E-state index in [1.165, 1.54) is 35.1 Å². The highest BCUT2D eigenvalue weighted by Crippen LogP contribution is 2.25. The van der Waals surface area contributed by atoms with E-state index in [1.54, 1.807) is 18.3 Å². The molecule has 0 aliphatic carbocycles. The second kappa shape index (κ2) is 7.32. The van der Waals surface area contributed by atoms with E-state index >= 15 is 0 Å². The molecule has 1 N–H and O–H groups in total. The van der Waals surface area contributed by atoms with Gasteiger partial charge in [0.05, 0.1) is 23.4 Å². The lowest BCUT2D eigenvalue weighted by atomic mass is 10.2. The van der Waals surface area contributed by atoms with E-state index in [2.05, 4.69) is 10.4 Å². The SMILES string of the molecule is O=C(Nc1cnn(Cc2cccc(F)c2)c1)c1ccc(Cl)c([N+](=O)[O-])c1. The van der Waals surface area contributed by atoms with Crippen LogP contribution in [0.2, 0.25) is 5.02 Å². The number of nitrogens with zero attached hydrogens (tertiary/aromatic N) is 3. The fraction of sp³-hybridized carbons (Fsp3) is 0.0588. The lowest BCUT2D eigenvalue weighted by molar-refractivity contribution is -0.384. The van der Waals surface area contributed by atoms with Crippen LogP contribution in [0.5, 0.6) is 0 Å². The van der Waals surface area contributed by atoms with Crippen LogP contribution in [0.25, 0.3) is 0 Å². The number of hydrogen-bond acceptors (Lipinski definition) is 4. The van der Waals surface area contributed by atoms with Crippen molar-refractivity contribution in [3.63, 3.8) is 0 Å². The molecule has 1 heterocycles. The van der Waals surface area contributed by atoms with Gasteiger partial charge in [0.2, 0.25) is 0 Å². The average molecular weight is 375 g/mol. The molecule has 0 atom stereocenters. The first-order valence-corrected chi connectivity index (χ1v) is 7.82.